The number of rotatable bonds is 4. The maximum Gasteiger partial charge on any atom is 0.154 e. The molecule has 0 radical (unpaired) electrons. The third kappa shape index (κ3) is 3.20. The second kappa shape index (κ2) is 5.81. The zero-order valence-electron chi connectivity index (χ0n) is 11.7. The largest absolute Gasteiger partial charge is 0.302 e. The predicted octanol–water partition coefficient (Wildman–Crippen LogP) is 0.567. The van der Waals surface area contributed by atoms with Gasteiger partial charge in [0, 0.05) is 13.1 Å². The van der Waals surface area contributed by atoms with E-state index >= 15 is 0 Å². The van der Waals surface area contributed by atoms with E-state index in [9.17, 15) is 8.42 Å². The molecule has 0 bridgehead atoms. The fraction of sp³-hybridized carbons (Fsp3) is 0.846. The highest BCUT2D eigenvalue weighted by molar-refractivity contribution is 7.92. The van der Waals surface area contributed by atoms with Crippen molar-refractivity contribution in [2.24, 2.45) is 5.92 Å². The fourth-order valence-corrected chi connectivity index (χ4v) is 5.16. The molecule has 0 aliphatic carbocycles. The van der Waals surface area contributed by atoms with Crippen LogP contribution in [-0.4, -0.2) is 58.7 Å². The smallest absolute Gasteiger partial charge is 0.154 e. The van der Waals surface area contributed by atoms with Crippen LogP contribution >= 0.6 is 0 Å². The van der Waals surface area contributed by atoms with E-state index in [-0.39, 0.29) is 5.25 Å². The summed E-state index contributed by atoms with van der Waals surface area (Å²) in [5.41, 5.74) is 0. The van der Waals surface area contributed by atoms with Gasteiger partial charge in [-0.2, -0.15) is 5.10 Å². The minimum absolute atomic E-state index is 0.116. The monoisotopic (exact) mass is 298 g/mol. The van der Waals surface area contributed by atoms with Gasteiger partial charge in [0.15, 0.2) is 9.84 Å². The molecule has 20 heavy (non-hydrogen) atoms. The van der Waals surface area contributed by atoms with Gasteiger partial charge in [0.2, 0.25) is 0 Å². The molecule has 3 rings (SSSR count). The molecule has 0 spiro atoms. The van der Waals surface area contributed by atoms with E-state index in [0.29, 0.717) is 11.7 Å². The van der Waals surface area contributed by atoms with Crippen LogP contribution in [0.25, 0.3) is 0 Å². The van der Waals surface area contributed by atoms with Gasteiger partial charge in [0.05, 0.1) is 11.0 Å². The third-order valence-electron chi connectivity index (χ3n) is 4.54. The minimum atomic E-state index is -2.81. The third-order valence-corrected chi connectivity index (χ3v) is 6.80. The first kappa shape index (κ1) is 14.0. The van der Waals surface area contributed by atoms with E-state index in [4.69, 9.17) is 0 Å². The topological polar surface area (TPSA) is 68.1 Å². The molecule has 0 saturated carbocycles. The van der Waals surface area contributed by atoms with Crippen LogP contribution in [-0.2, 0) is 16.4 Å². The Kier molecular flexibility index (Phi) is 4.07. The molecular weight excluding hydrogens is 276 g/mol. The highest BCUT2D eigenvalue weighted by Crippen LogP contribution is 2.24. The van der Waals surface area contributed by atoms with Crippen molar-refractivity contribution >= 4 is 9.84 Å². The molecule has 0 N–H and O–H groups in total. The first-order valence-electron chi connectivity index (χ1n) is 7.40. The average Bonchev–Trinajstić information content (AvgIpc) is 3.03. The first-order chi connectivity index (χ1) is 9.63. The van der Waals surface area contributed by atoms with E-state index < -0.39 is 9.84 Å². The average molecular weight is 298 g/mol. The molecule has 1 unspecified atom stereocenters. The van der Waals surface area contributed by atoms with E-state index in [1.165, 1.54) is 0 Å². The molecule has 2 aliphatic heterocycles. The van der Waals surface area contributed by atoms with Crippen molar-refractivity contribution in [1.82, 2.24) is 19.7 Å². The summed E-state index contributed by atoms with van der Waals surface area (Å²) in [4.78, 5) is 6.29. The molecule has 112 valence electrons. The standard InChI is InChI=1S/C13H22N4O2S/c18-20(19)7-1-2-13(20)9-16-5-3-12(4-6-16)8-17-11-14-10-15-17/h10-13H,1-9H2. The Morgan fingerprint density at radius 3 is 2.55 bits per heavy atom. The number of piperidine rings is 1. The summed E-state index contributed by atoms with van der Waals surface area (Å²) in [7, 11) is -2.81. The number of aromatic nitrogens is 3. The van der Waals surface area contributed by atoms with Gasteiger partial charge < -0.3 is 4.90 Å². The SMILES string of the molecule is O=S1(=O)CCCC1CN1CCC(Cn2cncn2)CC1. The molecule has 1 atom stereocenters. The van der Waals surface area contributed by atoms with E-state index in [1.807, 2.05) is 4.68 Å². The quantitative estimate of drug-likeness (QED) is 0.813. The fourth-order valence-electron chi connectivity index (χ4n) is 3.29. The van der Waals surface area contributed by atoms with Crippen LogP contribution in [0.3, 0.4) is 0 Å². The molecule has 1 aromatic rings. The lowest BCUT2D eigenvalue weighted by molar-refractivity contribution is 0.170. The van der Waals surface area contributed by atoms with Crippen molar-refractivity contribution in [2.45, 2.75) is 37.5 Å². The summed E-state index contributed by atoms with van der Waals surface area (Å²) >= 11 is 0. The van der Waals surface area contributed by atoms with Crippen molar-refractivity contribution in [3.05, 3.63) is 12.7 Å². The molecule has 2 aliphatic rings. The van der Waals surface area contributed by atoms with Crippen LogP contribution < -0.4 is 0 Å². The Bertz CT molecular complexity index is 521. The summed E-state index contributed by atoms with van der Waals surface area (Å²) in [6, 6.07) is 0. The summed E-state index contributed by atoms with van der Waals surface area (Å²) in [5, 5.41) is 4.03. The van der Waals surface area contributed by atoms with Crippen LogP contribution in [0.5, 0.6) is 0 Å². The molecule has 2 saturated heterocycles. The van der Waals surface area contributed by atoms with Gasteiger partial charge in [0.1, 0.15) is 12.7 Å². The maximum absolute atomic E-state index is 11.9. The summed E-state index contributed by atoms with van der Waals surface area (Å²) in [6.45, 7) is 3.67. The van der Waals surface area contributed by atoms with Crippen molar-refractivity contribution in [1.29, 1.82) is 0 Å². The van der Waals surface area contributed by atoms with E-state index in [1.54, 1.807) is 12.7 Å². The molecule has 0 amide bonds. The lowest BCUT2D eigenvalue weighted by Gasteiger charge is -2.33. The molecular formula is C13H22N4O2S. The van der Waals surface area contributed by atoms with Crippen LogP contribution in [0, 0.1) is 5.92 Å². The molecule has 3 heterocycles. The van der Waals surface area contributed by atoms with Crippen LogP contribution in [0.2, 0.25) is 0 Å². The maximum atomic E-state index is 11.9. The Morgan fingerprint density at radius 1 is 1.15 bits per heavy atom. The summed E-state index contributed by atoms with van der Waals surface area (Å²) in [5.74, 6) is 1.02. The zero-order chi connectivity index (χ0) is 14.0. The Morgan fingerprint density at radius 2 is 1.95 bits per heavy atom. The van der Waals surface area contributed by atoms with Crippen LogP contribution in [0.15, 0.2) is 12.7 Å². The highest BCUT2D eigenvalue weighted by Gasteiger charge is 2.33. The number of nitrogens with zero attached hydrogens (tertiary/aromatic N) is 4. The van der Waals surface area contributed by atoms with Crippen LogP contribution in [0.4, 0.5) is 0 Å². The Hall–Kier alpha value is -0.950. The zero-order valence-corrected chi connectivity index (χ0v) is 12.5. The second-order valence-corrected chi connectivity index (χ2v) is 8.39. The van der Waals surface area contributed by atoms with Gasteiger partial charge in [-0.1, -0.05) is 0 Å². The van der Waals surface area contributed by atoms with Gasteiger partial charge >= 0.3 is 0 Å². The highest BCUT2D eigenvalue weighted by atomic mass is 32.2. The Labute approximate surface area is 120 Å². The van der Waals surface area contributed by atoms with Gasteiger partial charge in [-0.05, 0) is 44.7 Å². The number of sulfone groups is 1. The Balaban J connectivity index is 1.47. The first-order valence-corrected chi connectivity index (χ1v) is 9.11. The lowest BCUT2D eigenvalue weighted by Crippen LogP contribution is -2.40. The minimum Gasteiger partial charge on any atom is -0.302 e. The summed E-state index contributed by atoms with van der Waals surface area (Å²) in [6.07, 6.45) is 7.26. The number of hydrogen-bond acceptors (Lipinski definition) is 5. The number of likely N-dealkylation sites (tertiary alicyclic amines) is 1. The molecule has 7 heteroatoms. The van der Waals surface area contributed by atoms with Crippen molar-refractivity contribution in [2.75, 3.05) is 25.4 Å². The normalized spacial score (nSPS) is 27.9. The van der Waals surface area contributed by atoms with Gasteiger partial charge in [-0.3, -0.25) is 4.68 Å². The van der Waals surface area contributed by atoms with Gasteiger partial charge in [-0.15, -0.1) is 0 Å². The van der Waals surface area contributed by atoms with Crippen molar-refractivity contribution in [3.63, 3.8) is 0 Å². The molecule has 0 aromatic carbocycles. The van der Waals surface area contributed by atoms with Crippen LogP contribution in [0.1, 0.15) is 25.7 Å². The van der Waals surface area contributed by atoms with Crippen molar-refractivity contribution < 1.29 is 8.42 Å². The molecule has 6 nitrogen and oxygen atoms in total. The predicted molar refractivity (Wildman–Crippen MR) is 76.0 cm³/mol. The van der Waals surface area contributed by atoms with E-state index in [0.717, 1.165) is 51.9 Å². The van der Waals surface area contributed by atoms with Crippen molar-refractivity contribution in [3.8, 4) is 0 Å². The lowest BCUT2D eigenvalue weighted by atomic mass is 9.96. The van der Waals surface area contributed by atoms with Gasteiger partial charge in [0.25, 0.3) is 0 Å². The molecule has 1 aromatic heterocycles. The molecule has 2 fully saturated rings. The number of hydrogen-bond donors (Lipinski definition) is 0. The summed E-state index contributed by atoms with van der Waals surface area (Å²) < 4.78 is 25.6. The second-order valence-electron chi connectivity index (χ2n) is 5.99. The van der Waals surface area contributed by atoms with E-state index in [2.05, 4.69) is 15.0 Å². The van der Waals surface area contributed by atoms with Gasteiger partial charge in [-0.25, -0.2) is 13.4 Å².